The number of aromatic nitrogens is 4. The standard InChI is InChI=1S/C24H29FN6O/c25-22-11-5-4-10-21(22)23(24-26-27-28-31(24)18-20-9-6-16-32-20)30-14-12-29(13-15-30)17-19-7-2-1-3-8-19/h1-5,7-8,10-11,20,23H,6,9,12-18H2/t20-,23+/m0/s1. The van der Waals surface area contributed by atoms with Crippen molar-refractivity contribution in [2.24, 2.45) is 0 Å². The van der Waals surface area contributed by atoms with Crippen LogP contribution >= 0.6 is 0 Å². The van der Waals surface area contributed by atoms with Crippen LogP contribution in [0.5, 0.6) is 0 Å². The maximum Gasteiger partial charge on any atom is 0.173 e. The van der Waals surface area contributed by atoms with E-state index < -0.39 is 0 Å². The molecule has 0 spiro atoms. The Kier molecular flexibility index (Phi) is 6.52. The van der Waals surface area contributed by atoms with Crippen LogP contribution in [-0.2, 0) is 17.8 Å². The van der Waals surface area contributed by atoms with Crippen molar-refractivity contribution in [2.75, 3.05) is 32.8 Å². The van der Waals surface area contributed by atoms with E-state index in [1.54, 1.807) is 6.07 Å². The van der Waals surface area contributed by atoms with Gasteiger partial charge in [0.15, 0.2) is 5.82 Å². The zero-order valence-corrected chi connectivity index (χ0v) is 18.2. The van der Waals surface area contributed by atoms with Gasteiger partial charge in [-0.05, 0) is 34.9 Å². The average molecular weight is 437 g/mol. The molecule has 2 aliphatic rings. The first-order valence-corrected chi connectivity index (χ1v) is 11.4. The van der Waals surface area contributed by atoms with E-state index in [-0.39, 0.29) is 18.0 Å². The van der Waals surface area contributed by atoms with Crippen LogP contribution in [0.25, 0.3) is 0 Å². The number of hydrogen-bond donors (Lipinski definition) is 0. The molecule has 2 saturated heterocycles. The van der Waals surface area contributed by atoms with E-state index >= 15 is 0 Å². The van der Waals surface area contributed by atoms with Crippen LogP contribution in [0, 0.1) is 5.82 Å². The fourth-order valence-electron chi connectivity index (χ4n) is 4.74. The highest BCUT2D eigenvalue weighted by atomic mass is 19.1. The number of piperazine rings is 1. The molecule has 0 unspecified atom stereocenters. The van der Waals surface area contributed by atoms with Crippen LogP contribution in [0.2, 0.25) is 0 Å². The van der Waals surface area contributed by atoms with Crippen LogP contribution in [0.1, 0.15) is 35.8 Å². The van der Waals surface area contributed by atoms with Gasteiger partial charge in [-0.15, -0.1) is 5.10 Å². The Bertz CT molecular complexity index is 998. The van der Waals surface area contributed by atoms with Crippen molar-refractivity contribution in [2.45, 2.75) is 38.1 Å². The highest BCUT2D eigenvalue weighted by Crippen LogP contribution is 2.30. The van der Waals surface area contributed by atoms with E-state index in [9.17, 15) is 4.39 Å². The second-order valence-corrected chi connectivity index (χ2v) is 8.58. The minimum atomic E-state index is -0.327. The molecular formula is C24H29FN6O. The molecule has 5 rings (SSSR count). The van der Waals surface area contributed by atoms with Gasteiger partial charge in [0, 0.05) is 44.9 Å². The molecule has 0 amide bonds. The Balaban J connectivity index is 1.36. The maximum atomic E-state index is 14.9. The molecule has 168 valence electrons. The Morgan fingerprint density at radius 2 is 1.78 bits per heavy atom. The van der Waals surface area contributed by atoms with Gasteiger partial charge in [-0.2, -0.15) is 0 Å². The fraction of sp³-hybridized carbons (Fsp3) is 0.458. The molecule has 7 nitrogen and oxygen atoms in total. The topological polar surface area (TPSA) is 59.3 Å². The lowest BCUT2D eigenvalue weighted by Gasteiger charge is -2.39. The minimum absolute atomic E-state index is 0.112. The third-order valence-corrected chi connectivity index (χ3v) is 6.43. The highest BCUT2D eigenvalue weighted by molar-refractivity contribution is 5.27. The van der Waals surface area contributed by atoms with Crippen LogP contribution < -0.4 is 0 Å². The van der Waals surface area contributed by atoms with Gasteiger partial charge in [0.1, 0.15) is 11.9 Å². The number of tetrazole rings is 1. The van der Waals surface area contributed by atoms with Gasteiger partial charge < -0.3 is 4.74 Å². The number of halogens is 1. The zero-order chi connectivity index (χ0) is 21.8. The smallest absolute Gasteiger partial charge is 0.173 e. The Morgan fingerprint density at radius 3 is 2.53 bits per heavy atom. The third-order valence-electron chi connectivity index (χ3n) is 6.43. The lowest BCUT2D eigenvalue weighted by molar-refractivity contribution is 0.0836. The predicted octanol–water partition coefficient (Wildman–Crippen LogP) is 2.90. The molecule has 3 aromatic rings. The molecule has 1 aromatic heterocycles. The van der Waals surface area contributed by atoms with Crippen molar-refractivity contribution in [1.82, 2.24) is 30.0 Å². The summed E-state index contributed by atoms with van der Waals surface area (Å²) in [7, 11) is 0. The van der Waals surface area contributed by atoms with E-state index in [1.807, 2.05) is 22.9 Å². The van der Waals surface area contributed by atoms with Gasteiger partial charge >= 0.3 is 0 Å². The van der Waals surface area contributed by atoms with Gasteiger partial charge in [-0.3, -0.25) is 9.80 Å². The summed E-state index contributed by atoms with van der Waals surface area (Å²) >= 11 is 0. The lowest BCUT2D eigenvalue weighted by Crippen LogP contribution is -2.48. The minimum Gasteiger partial charge on any atom is -0.376 e. The Morgan fingerprint density at radius 1 is 1.00 bits per heavy atom. The van der Waals surface area contributed by atoms with E-state index in [1.165, 1.54) is 11.6 Å². The average Bonchev–Trinajstić information content (AvgIpc) is 3.50. The van der Waals surface area contributed by atoms with Crippen molar-refractivity contribution in [3.8, 4) is 0 Å². The number of rotatable bonds is 7. The van der Waals surface area contributed by atoms with Crippen molar-refractivity contribution in [1.29, 1.82) is 0 Å². The number of hydrogen-bond acceptors (Lipinski definition) is 6. The van der Waals surface area contributed by atoms with Crippen molar-refractivity contribution in [3.63, 3.8) is 0 Å². The molecule has 3 heterocycles. The van der Waals surface area contributed by atoms with Gasteiger partial charge in [0.25, 0.3) is 0 Å². The van der Waals surface area contributed by atoms with Gasteiger partial charge in [-0.25, -0.2) is 9.07 Å². The first-order valence-electron chi connectivity index (χ1n) is 11.4. The second kappa shape index (κ2) is 9.85. The van der Waals surface area contributed by atoms with E-state index in [2.05, 4.69) is 49.6 Å². The van der Waals surface area contributed by atoms with Crippen LogP contribution in [0.3, 0.4) is 0 Å². The maximum absolute atomic E-state index is 14.9. The molecular weight excluding hydrogens is 407 g/mol. The molecule has 0 N–H and O–H groups in total. The molecule has 2 aliphatic heterocycles. The molecule has 0 bridgehead atoms. The molecule has 8 heteroatoms. The molecule has 0 saturated carbocycles. The molecule has 32 heavy (non-hydrogen) atoms. The van der Waals surface area contributed by atoms with Crippen LogP contribution in [0.15, 0.2) is 54.6 Å². The Hall–Kier alpha value is -2.68. The monoisotopic (exact) mass is 436 g/mol. The van der Waals surface area contributed by atoms with E-state index in [4.69, 9.17) is 4.74 Å². The first-order chi connectivity index (χ1) is 15.8. The summed E-state index contributed by atoms with van der Waals surface area (Å²) < 4.78 is 22.6. The molecule has 2 fully saturated rings. The summed E-state index contributed by atoms with van der Waals surface area (Å²) in [5, 5.41) is 12.6. The predicted molar refractivity (Wildman–Crippen MR) is 118 cm³/mol. The summed E-state index contributed by atoms with van der Waals surface area (Å²) in [5.41, 5.74) is 1.93. The normalized spacial score (nSPS) is 21.1. The van der Waals surface area contributed by atoms with E-state index in [0.29, 0.717) is 17.9 Å². The SMILES string of the molecule is Fc1ccccc1[C@H](c1nnnn1C[C@@H]1CCCO1)N1CCN(Cc2ccccc2)CC1. The quantitative estimate of drug-likeness (QED) is 0.568. The second-order valence-electron chi connectivity index (χ2n) is 8.58. The lowest BCUT2D eigenvalue weighted by atomic mass is 10.0. The summed E-state index contributed by atoms with van der Waals surface area (Å²) in [6.45, 7) is 5.76. The largest absolute Gasteiger partial charge is 0.376 e. The first kappa shape index (κ1) is 21.2. The number of nitrogens with zero attached hydrogens (tertiary/aromatic N) is 6. The van der Waals surface area contributed by atoms with E-state index in [0.717, 1.165) is 52.2 Å². The number of ether oxygens (including phenoxy) is 1. The zero-order valence-electron chi connectivity index (χ0n) is 18.2. The summed E-state index contributed by atoms with van der Waals surface area (Å²) in [5.74, 6) is 0.456. The third kappa shape index (κ3) is 4.72. The van der Waals surface area contributed by atoms with Crippen molar-refractivity contribution in [3.05, 3.63) is 77.4 Å². The van der Waals surface area contributed by atoms with Gasteiger partial charge in [-0.1, -0.05) is 48.5 Å². The summed E-state index contributed by atoms with van der Waals surface area (Å²) in [6.07, 6.45) is 2.17. The fourth-order valence-corrected chi connectivity index (χ4v) is 4.74. The Labute approximate surface area is 187 Å². The van der Waals surface area contributed by atoms with Crippen LogP contribution in [0.4, 0.5) is 4.39 Å². The van der Waals surface area contributed by atoms with Crippen molar-refractivity contribution >= 4 is 0 Å². The van der Waals surface area contributed by atoms with Gasteiger partial charge in [0.2, 0.25) is 0 Å². The highest BCUT2D eigenvalue weighted by Gasteiger charge is 2.33. The molecule has 0 aliphatic carbocycles. The summed E-state index contributed by atoms with van der Waals surface area (Å²) in [4.78, 5) is 4.75. The summed E-state index contributed by atoms with van der Waals surface area (Å²) in [6, 6.07) is 17.2. The molecule has 2 aromatic carbocycles. The molecule has 2 atom stereocenters. The van der Waals surface area contributed by atoms with Gasteiger partial charge in [0.05, 0.1) is 12.6 Å². The molecule has 0 radical (unpaired) electrons. The number of benzene rings is 2. The van der Waals surface area contributed by atoms with Crippen molar-refractivity contribution < 1.29 is 9.13 Å². The van der Waals surface area contributed by atoms with Crippen LogP contribution in [-0.4, -0.2) is 68.9 Å².